The minimum atomic E-state index is -0.533. The van der Waals surface area contributed by atoms with Gasteiger partial charge in [-0.2, -0.15) is 0 Å². The summed E-state index contributed by atoms with van der Waals surface area (Å²) in [4.78, 5) is 27.5. The lowest BCUT2D eigenvalue weighted by Gasteiger charge is -2.31. The van der Waals surface area contributed by atoms with E-state index in [4.69, 9.17) is 4.74 Å². The van der Waals surface area contributed by atoms with Crippen molar-refractivity contribution in [3.8, 4) is 5.75 Å². The zero-order chi connectivity index (χ0) is 21.2. The van der Waals surface area contributed by atoms with Gasteiger partial charge in [-0.05, 0) is 49.4 Å². The molecule has 0 bridgehead atoms. The number of hydrogen-bond donors (Lipinski definition) is 1. The summed E-state index contributed by atoms with van der Waals surface area (Å²) in [5.41, 5.74) is 3.09. The molecule has 0 heterocycles. The van der Waals surface area contributed by atoms with Gasteiger partial charge in [0.25, 0.3) is 5.91 Å². The Hall–Kier alpha value is -2.82. The second-order valence-corrected chi connectivity index (χ2v) is 7.22. The van der Waals surface area contributed by atoms with E-state index in [1.165, 1.54) is 0 Å². The lowest BCUT2D eigenvalue weighted by Crippen LogP contribution is -2.50. The van der Waals surface area contributed by atoms with Crippen LogP contribution in [0.15, 0.2) is 48.5 Å². The molecular weight excluding hydrogens is 364 g/mol. The van der Waals surface area contributed by atoms with E-state index in [9.17, 15) is 9.59 Å². The second-order valence-electron chi connectivity index (χ2n) is 7.22. The highest BCUT2D eigenvalue weighted by molar-refractivity contribution is 5.88. The molecule has 0 aromatic heterocycles. The number of ether oxygens (including phenoxy) is 1. The van der Waals surface area contributed by atoms with E-state index in [0.717, 1.165) is 23.1 Å². The summed E-state index contributed by atoms with van der Waals surface area (Å²) in [6.45, 7) is 8.76. The average molecular weight is 397 g/mol. The van der Waals surface area contributed by atoms with Crippen molar-refractivity contribution < 1.29 is 14.3 Å². The summed E-state index contributed by atoms with van der Waals surface area (Å²) < 4.78 is 5.78. The fourth-order valence-corrected chi connectivity index (χ4v) is 3.20. The molecule has 0 saturated heterocycles. The Morgan fingerprint density at radius 2 is 1.66 bits per heavy atom. The van der Waals surface area contributed by atoms with Gasteiger partial charge in [0.15, 0.2) is 6.61 Å². The van der Waals surface area contributed by atoms with E-state index in [1.54, 1.807) is 4.90 Å². The van der Waals surface area contributed by atoms with Crippen molar-refractivity contribution in [1.29, 1.82) is 0 Å². The number of carbonyl (C=O) groups is 2. The smallest absolute Gasteiger partial charge is 0.261 e. The van der Waals surface area contributed by atoms with Crippen LogP contribution in [-0.4, -0.2) is 35.9 Å². The molecule has 5 heteroatoms. The first kappa shape index (κ1) is 22.5. The van der Waals surface area contributed by atoms with Crippen molar-refractivity contribution in [3.05, 3.63) is 65.2 Å². The number of aryl methyl sites for hydroxylation is 2. The fraction of sp³-hybridized carbons (Fsp3) is 0.417. The molecule has 1 N–H and O–H groups in total. The molecule has 0 aliphatic carbocycles. The highest BCUT2D eigenvalue weighted by Gasteiger charge is 2.29. The van der Waals surface area contributed by atoms with Gasteiger partial charge in [0.05, 0.1) is 0 Å². The first-order valence-electron chi connectivity index (χ1n) is 10.3. The quantitative estimate of drug-likeness (QED) is 0.660. The summed E-state index contributed by atoms with van der Waals surface area (Å²) in [6.07, 6.45) is 1.39. The number of rotatable bonds is 10. The van der Waals surface area contributed by atoms with Gasteiger partial charge in [-0.25, -0.2) is 0 Å². The maximum Gasteiger partial charge on any atom is 0.261 e. The molecular formula is C24H32N2O3. The van der Waals surface area contributed by atoms with E-state index in [2.05, 4.69) is 5.32 Å². The topological polar surface area (TPSA) is 58.6 Å². The molecule has 2 rings (SSSR count). The zero-order valence-electron chi connectivity index (χ0n) is 17.9. The molecule has 0 saturated carbocycles. The van der Waals surface area contributed by atoms with Crippen molar-refractivity contribution >= 4 is 11.8 Å². The summed E-state index contributed by atoms with van der Waals surface area (Å²) in [5, 5.41) is 2.93. The van der Waals surface area contributed by atoms with Crippen LogP contribution in [0.5, 0.6) is 5.75 Å². The summed E-state index contributed by atoms with van der Waals surface area (Å²) in [5.74, 6) is 0.363. The van der Waals surface area contributed by atoms with Gasteiger partial charge in [0.1, 0.15) is 11.8 Å². The first-order valence-corrected chi connectivity index (χ1v) is 10.3. The highest BCUT2D eigenvalue weighted by atomic mass is 16.5. The molecule has 2 amide bonds. The molecule has 5 nitrogen and oxygen atoms in total. The normalized spacial score (nSPS) is 11.6. The third-order valence-electron chi connectivity index (χ3n) is 4.98. The Morgan fingerprint density at radius 3 is 2.28 bits per heavy atom. The number of amides is 2. The predicted octanol–water partition coefficient (Wildman–Crippen LogP) is 4.02. The SMILES string of the molecule is CCCNC(=O)C(CC)N(Cc1ccccc1C)C(=O)COc1ccccc1C. The van der Waals surface area contributed by atoms with E-state index in [1.807, 2.05) is 76.2 Å². The zero-order valence-corrected chi connectivity index (χ0v) is 17.9. The monoisotopic (exact) mass is 396 g/mol. The van der Waals surface area contributed by atoms with E-state index in [-0.39, 0.29) is 18.4 Å². The highest BCUT2D eigenvalue weighted by Crippen LogP contribution is 2.18. The minimum absolute atomic E-state index is 0.103. The molecule has 0 aliphatic heterocycles. The molecule has 1 atom stereocenters. The van der Waals surface area contributed by atoms with Crippen LogP contribution in [0.4, 0.5) is 0 Å². The third kappa shape index (κ3) is 6.34. The summed E-state index contributed by atoms with van der Waals surface area (Å²) >= 11 is 0. The molecule has 0 radical (unpaired) electrons. The van der Waals surface area contributed by atoms with Gasteiger partial charge in [-0.3, -0.25) is 9.59 Å². The van der Waals surface area contributed by atoms with E-state index in [0.29, 0.717) is 25.3 Å². The van der Waals surface area contributed by atoms with Crippen molar-refractivity contribution in [3.63, 3.8) is 0 Å². The minimum Gasteiger partial charge on any atom is -0.484 e. The van der Waals surface area contributed by atoms with Gasteiger partial charge in [0, 0.05) is 13.1 Å². The van der Waals surface area contributed by atoms with Crippen molar-refractivity contribution in [2.24, 2.45) is 0 Å². The summed E-state index contributed by atoms with van der Waals surface area (Å²) in [6, 6.07) is 15.0. The Labute approximate surface area is 174 Å². The molecule has 156 valence electrons. The van der Waals surface area contributed by atoms with Crippen LogP contribution < -0.4 is 10.1 Å². The predicted molar refractivity (Wildman–Crippen MR) is 116 cm³/mol. The molecule has 2 aromatic carbocycles. The molecule has 0 fully saturated rings. The number of nitrogens with one attached hydrogen (secondary N) is 1. The van der Waals surface area contributed by atoms with Gasteiger partial charge in [-0.1, -0.05) is 56.3 Å². The van der Waals surface area contributed by atoms with Crippen LogP contribution in [0.1, 0.15) is 43.4 Å². The Morgan fingerprint density at radius 1 is 1.00 bits per heavy atom. The van der Waals surface area contributed by atoms with Crippen molar-refractivity contribution in [2.45, 2.75) is 53.1 Å². The van der Waals surface area contributed by atoms with Gasteiger partial charge >= 0.3 is 0 Å². The maximum absolute atomic E-state index is 13.1. The summed E-state index contributed by atoms with van der Waals surface area (Å²) in [7, 11) is 0. The van der Waals surface area contributed by atoms with Gasteiger partial charge in [0.2, 0.25) is 5.91 Å². The largest absolute Gasteiger partial charge is 0.484 e. The Bertz CT molecular complexity index is 819. The molecule has 1 unspecified atom stereocenters. The van der Waals surface area contributed by atoms with E-state index < -0.39 is 6.04 Å². The Kier molecular flexibility index (Phi) is 8.71. The average Bonchev–Trinajstić information content (AvgIpc) is 2.72. The third-order valence-corrected chi connectivity index (χ3v) is 4.98. The molecule has 0 spiro atoms. The number of carbonyl (C=O) groups excluding carboxylic acids is 2. The lowest BCUT2D eigenvalue weighted by atomic mass is 10.1. The fourth-order valence-electron chi connectivity index (χ4n) is 3.20. The van der Waals surface area contributed by atoms with Gasteiger partial charge < -0.3 is 15.0 Å². The van der Waals surface area contributed by atoms with Crippen LogP contribution in [0.3, 0.4) is 0 Å². The molecule has 2 aromatic rings. The second kappa shape index (κ2) is 11.2. The number of benzene rings is 2. The number of nitrogens with zero attached hydrogens (tertiary/aromatic N) is 1. The van der Waals surface area contributed by atoms with Crippen LogP contribution >= 0.6 is 0 Å². The van der Waals surface area contributed by atoms with Gasteiger partial charge in [-0.15, -0.1) is 0 Å². The lowest BCUT2D eigenvalue weighted by molar-refractivity contribution is -0.143. The Balaban J connectivity index is 2.22. The van der Waals surface area contributed by atoms with Crippen LogP contribution in [0.2, 0.25) is 0 Å². The maximum atomic E-state index is 13.1. The molecule has 0 aliphatic rings. The number of hydrogen-bond acceptors (Lipinski definition) is 3. The van der Waals surface area contributed by atoms with Crippen LogP contribution in [0.25, 0.3) is 0 Å². The first-order chi connectivity index (χ1) is 14.0. The number of para-hydroxylation sites is 1. The van der Waals surface area contributed by atoms with Crippen molar-refractivity contribution in [1.82, 2.24) is 10.2 Å². The van der Waals surface area contributed by atoms with Crippen LogP contribution in [0, 0.1) is 13.8 Å². The van der Waals surface area contributed by atoms with Crippen molar-refractivity contribution in [2.75, 3.05) is 13.2 Å². The standard InChI is InChI=1S/C24H32N2O3/c1-5-15-25-24(28)21(6-2)26(16-20-13-9-7-11-18(20)3)23(27)17-29-22-14-10-8-12-19(22)4/h7-14,21H,5-6,15-17H2,1-4H3,(H,25,28). The van der Waals surface area contributed by atoms with Crippen LogP contribution in [-0.2, 0) is 16.1 Å². The molecule has 29 heavy (non-hydrogen) atoms. The van der Waals surface area contributed by atoms with E-state index >= 15 is 0 Å².